The smallest absolute Gasteiger partial charge is 0.330 e. The first-order valence-corrected chi connectivity index (χ1v) is 42.7. The first-order valence-electron chi connectivity index (χ1n) is 40.5. The molecule has 5 amide bonds. The van der Waals surface area contributed by atoms with E-state index in [2.05, 4.69) is 38.2 Å². The van der Waals surface area contributed by atoms with Crippen LogP contribution in [0.2, 0.25) is 10.0 Å². The molecule has 7 aliphatic heterocycles. The molecule has 2 saturated heterocycles. The number of primary amides is 1. The number of sulfonamides is 1. The zero-order valence-corrected chi connectivity index (χ0v) is 70.5. The number of fused-ring (bicyclic) bond motifs is 15. The van der Waals surface area contributed by atoms with Crippen molar-refractivity contribution < 1.29 is 131 Å². The van der Waals surface area contributed by atoms with Crippen molar-refractivity contribution in [2.24, 2.45) is 29.2 Å². The quantitative estimate of drug-likeness (QED) is 0.0265. The van der Waals surface area contributed by atoms with Crippen LogP contribution in [0.3, 0.4) is 0 Å². The molecule has 20 N–H and O–H groups in total. The van der Waals surface area contributed by atoms with Gasteiger partial charge in [0.25, 0.3) is 0 Å². The van der Waals surface area contributed by atoms with Crippen LogP contribution in [0.1, 0.15) is 176 Å². The fourth-order valence-electron chi connectivity index (χ4n) is 15.6. The Hall–Kier alpha value is -9.87. The number of unbranched alkanes of at least 4 members (excludes halogenated alkanes) is 3. The largest absolute Gasteiger partial charge is 0.507 e. The van der Waals surface area contributed by atoms with Crippen molar-refractivity contribution in [1.29, 1.82) is 0 Å². The average molecular weight is 1770 g/mol. The van der Waals surface area contributed by atoms with Gasteiger partial charge in [-0.05, 0) is 160 Å². The minimum atomic E-state index is -3.96. The van der Waals surface area contributed by atoms with E-state index in [1.165, 1.54) is 44.2 Å². The van der Waals surface area contributed by atoms with Gasteiger partial charge in [-0.1, -0.05) is 81.9 Å². The van der Waals surface area contributed by atoms with Crippen LogP contribution < -0.4 is 61.7 Å². The second kappa shape index (κ2) is 40.4. The Morgan fingerprint density at radius 1 is 0.724 bits per heavy atom. The Labute approximate surface area is 718 Å². The number of aliphatic carboxylic acids is 1. The number of ether oxygens (including phenoxy) is 7. The number of amides is 5. The lowest BCUT2D eigenvalue weighted by molar-refractivity contribution is -0.333. The Bertz CT molecular complexity index is 5030. The number of carboxylic acids is 1. The number of ketones is 2. The van der Waals surface area contributed by atoms with E-state index in [0.29, 0.717) is 25.2 Å². The molecule has 2 fully saturated rings. The minimum Gasteiger partial charge on any atom is -0.507 e. The van der Waals surface area contributed by atoms with Crippen molar-refractivity contribution in [2.45, 2.75) is 221 Å². The third kappa shape index (κ3) is 21.9. The summed E-state index contributed by atoms with van der Waals surface area (Å²) in [7, 11) is -3.96. The summed E-state index contributed by atoms with van der Waals surface area (Å²) in [6.45, 7) is 9.74. The predicted molar refractivity (Wildman–Crippen MR) is 440 cm³/mol. The highest BCUT2D eigenvalue weighted by Crippen LogP contribution is 2.51. The molecule has 7 heterocycles. The number of carbonyl (C=O) groups is 8. The predicted octanol–water partition coefficient (Wildman–Crippen LogP) is 5.94. The van der Waals surface area contributed by atoms with E-state index >= 15 is 24.0 Å². The molecule has 7 aliphatic rings. The first-order chi connectivity index (χ1) is 58.3. The third-order valence-electron chi connectivity index (χ3n) is 22.4. The summed E-state index contributed by atoms with van der Waals surface area (Å²) >= 11 is 14.3. The van der Waals surface area contributed by atoms with Gasteiger partial charge in [0.05, 0.1) is 57.8 Å². The van der Waals surface area contributed by atoms with Gasteiger partial charge in [-0.3, -0.25) is 33.6 Å². The lowest BCUT2D eigenvalue weighted by atomic mass is 9.84. The maximum absolute atomic E-state index is 16.5. The molecule has 0 aromatic heterocycles. The Morgan fingerprint density at radius 3 is 1.98 bits per heavy atom. The van der Waals surface area contributed by atoms with E-state index in [0.717, 1.165) is 73.9 Å². The SMILES string of the molecule is CCCCCOc1ccc(S(=O)(=O)NCCCCNCc2c(O)cc3c(c2O)-c2cc(ccc2O)[C@H]2CC(=O)[C@@H]4NC(=O)[C@H](CC(N)=O)CC(=O)[C@H](NC(=O)[C@H](CC)CC(C)C)[C@H](O)c5ccc(c(Cl)c5)Oc5cc4cc(c5O[C@@H]4O[C@H](CO)[C@@H](O)[C@H](O)[C@H]4O[C@H]4C[C@](C)(N)[C@H](O)[C@H](C)O4)Oc4ccc(cc4Cl)[C@@H](O)[C@H](NC2=O)C(=O)N[C@@H]3C(=O)O)cc1. The maximum atomic E-state index is 16.5. The van der Waals surface area contributed by atoms with Crippen molar-refractivity contribution in [3.63, 3.8) is 0 Å². The van der Waals surface area contributed by atoms with Gasteiger partial charge in [0.15, 0.2) is 41.5 Å². The normalized spacial score (nSPS) is 26.5. The highest BCUT2D eigenvalue weighted by molar-refractivity contribution is 7.89. The molecule has 6 aromatic rings. The van der Waals surface area contributed by atoms with Gasteiger partial charge >= 0.3 is 5.97 Å². The number of aliphatic hydroxyl groups is 6. The maximum Gasteiger partial charge on any atom is 0.330 e. The van der Waals surface area contributed by atoms with E-state index in [4.69, 9.17) is 67.8 Å². The van der Waals surface area contributed by atoms with Crippen molar-refractivity contribution in [3.05, 3.63) is 140 Å². The van der Waals surface area contributed by atoms with E-state index in [1.54, 1.807) is 19.1 Å². The summed E-state index contributed by atoms with van der Waals surface area (Å²) in [5.41, 5.74) is 7.98. The Morgan fingerprint density at radius 2 is 1.37 bits per heavy atom. The van der Waals surface area contributed by atoms with Crippen LogP contribution >= 0.6 is 23.2 Å². The molecule has 0 spiro atoms. The van der Waals surface area contributed by atoms with Crippen molar-refractivity contribution >= 4 is 80.3 Å². The summed E-state index contributed by atoms with van der Waals surface area (Å²) in [5.74, 6) is -19.1. The number of phenols is 3. The Balaban J connectivity index is 1.06. The summed E-state index contributed by atoms with van der Waals surface area (Å²) in [4.78, 5) is 120. The van der Waals surface area contributed by atoms with Gasteiger partial charge in [-0.25, -0.2) is 17.9 Å². The second-order valence-electron chi connectivity index (χ2n) is 32.1. The summed E-state index contributed by atoms with van der Waals surface area (Å²) in [6, 6.07) is 10.5. The van der Waals surface area contributed by atoms with Gasteiger partial charge in [-0.2, -0.15) is 0 Å². The number of nitrogens with two attached hydrogens (primary N) is 2. The number of carboxylic acid groups (broad SMARTS) is 1. The van der Waals surface area contributed by atoms with Gasteiger partial charge in [-0.15, -0.1) is 0 Å². The number of hydrogen-bond acceptors (Lipinski definition) is 28. The molecule has 11 bridgehead atoms. The van der Waals surface area contributed by atoms with E-state index in [1.807, 2.05) is 13.8 Å². The molecule has 0 unspecified atom stereocenters. The summed E-state index contributed by atoms with van der Waals surface area (Å²) in [6.07, 6.45) is -16.9. The van der Waals surface area contributed by atoms with Crippen LogP contribution in [0.4, 0.5) is 0 Å². The molecule has 123 heavy (non-hydrogen) atoms. The standard InChI is InChI=1S/C85H104Cl2N8O27S/c1-7-9-12-25-116-47-16-18-48(19-17-47)123(114,115)91-24-11-10-23-90-37-52-56(98)35-51-66(73(52)104)50-27-42(13-20-55(50)97)49-34-58(100)67-45-31-61(118-59-21-14-43(28-53(59)86)71(102)69(94-79(108)41(8-2)26-39(3)4)57(99)30-46(33-64(88)101)80(109)92-67)76(122-84-77(75(106)74(105)63(38-96)120-84)121-65-36-85(6,89)78(107)40(5)117-65)62(32-45)119-60-22-15-44(29-54(60)87)72(103)70(95-81(49)110)82(111)93-68(51)83(112)113/h13-22,27-29,31-32,35,39-41,46,49,63,65,67-72,74-75,77-78,84,90-91,96-98,102-107H,7-12,23-26,30,33-34,36-38,89H2,1-6H3,(H2,88,101)(H,92,109)(H,93,111)(H,94,108)(H,95,110)(H,112,113)/t40-,41+,46-,49+,63+,65-,67+,68-,69-,70-,71+,72+,74+,75-,77+,78+,84-,85-/m0/s1. The lowest BCUT2D eigenvalue weighted by Crippen LogP contribution is -2.64. The van der Waals surface area contributed by atoms with Crippen LogP contribution in [0, 0.1) is 17.8 Å². The Kier molecular flexibility index (Phi) is 30.8. The van der Waals surface area contributed by atoms with Gasteiger partial charge in [0.1, 0.15) is 83.1 Å². The third-order valence-corrected chi connectivity index (χ3v) is 24.5. The van der Waals surface area contributed by atoms with Crippen molar-refractivity contribution in [2.75, 3.05) is 26.3 Å². The first kappa shape index (κ1) is 93.8. The molecule has 666 valence electrons. The van der Waals surface area contributed by atoms with Crippen molar-refractivity contribution in [1.82, 2.24) is 31.3 Å². The number of rotatable bonds is 27. The molecule has 13 rings (SSSR count). The molecular weight excluding hydrogens is 1670 g/mol. The topological polar surface area (TPSA) is 562 Å². The molecule has 6 aromatic carbocycles. The zero-order chi connectivity index (χ0) is 89.4. The number of aromatic hydroxyl groups is 3. The number of aliphatic hydroxyl groups excluding tert-OH is 6. The highest BCUT2D eigenvalue weighted by Gasteiger charge is 2.52. The van der Waals surface area contributed by atoms with Crippen LogP contribution in [-0.2, 0) is 69.1 Å². The molecule has 38 heteroatoms. The fourth-order valence-corrected chi connectivity index (χ4v) is 17.1. The molecule has 0 aliphatic carbocycles. The van der Waals surface area contributed by atoms with Crippen molar-refractivity contribution in [3.8, 4) is 62.9 Å². The van der Waals surface area contributed by atoms with Crippen LogP contribution in [0.15, 0.2) is 102 Å². The van der Waals surface area contributed by atoms with E-state index in [9.17, 15) is 73.9 Å². The van der Waals surface area contributed by atoms with Gasteiger partial charge in [0, 0.05) is 66.9 Å². The van der Waals surface area contributed by atoms with Crippen LogP contribution in [-0.4, -0.2) is 200 Å². The number of halogens is 2. The number of Topliss-reactive ketones (excluding diaryl/α,β-unsaturated/α-hetero) is 2. The summed E-state index contributed by atoms with van der Waals surface area (Å²) in [5, 5.41) is 130. The average Bonchev–Trinajstić information content (AvgIpc) is 0.761. The monoisotopic (exact) mass is 1770 g/mol. The highest BCUT2D eigenvalue weighted by atomic mass is 35.5. The van der Waals surface area contributed by atoms with Crippen LogP contribution in [0.25, 0.3) is 11.1 Å². The van der Waals surface area contributed by atoms with E-state index in [-0.39, 0.29) is 76.2 Å². The molecule has 0 saturated carbocycles. The number of hydrogen-bond donors (Lipinski definition) is 18. The number of carbonyl (C=O) groups excluding carboxylic acids is 7. The lowest BCUT2D eigenvalue weighted by Gasteiger charge is -2.47. The summed E-state index contributed by atoms with van der Waals surface area (Å²) < 4.78 is 73.5. The minimum absolute atomic E-state index is 0.00468. The molecule has 18 atom stereocenters. The van der Waals surface area contributed by atoms with Gasteiger partial charge in [0.2, 0.25) is 51.6 Å². The zero-order valence-electron chi connectivity index (χ0n) is 68.2. The molecular formula is C85H104Cl2N8O27S. The van der Waals surface area contributed by atoms with E-state index < -0.39 is 266 Å². The number of benzene rings is 6. The van der Waals surface area contributed by atoms with Crippen LogP contribution in [0.5, 0.6) is 51.7 Å². The van der Waals surface area contributed by atoms with Gasteiger partial charge < -0.3 is 122 Å². The number of phenolic OH excluding ortho intramolecular Hbond substituents is 3. The fraction of sp³-hybridized carbons (Fsp3) is 0.482. The second-order valence-corrected chi connectivity index (χ2v) is 34.7. The molecule has 35 nitrogen and oxygen atoms in total. The molecule has 0 radical (unpaired) electrons. The number of nitrogens with one attached hydrogen (secondary N) is 6.